The van der Waals surface area contributed by atoms with Crippen LogP contribution in [0.1, 0.15) is 19.4 Å². The zero-order valence-corrected chi connectivity index (χ0v) is 9.91. The monoisotopic (exact) mass is 233 g/mol. The Morgan fingerprint density at radius 1 is 1.21 bits per heavy atom. The fourth-order valence-corrected chi connectivity index (χ4v) is 1.52. The van der Waals surface area contributed by atoms with E-state index in [0.29, 0.717) is 15.8 Å². The number of methoxy groups -OCH3 is 1. The Bertz CT molecular complexity index is 345. The summed E-state index contributed by atoms with van der Waals surface area (Å²) in [7, 11) is 1.58. The Kier molecular flexibility index (Phi) is 3.30. The van der Waals surface area contributed by atoms with Crippen molar-refractivity contribution in [3.8, 4) is 5.75 Å². The van der Waals surface area contributed by atoms with Gasteiger partial charge in [0.05, 0.1) is 17.2 Å². The zero-order valence-electron chi connectivity index (χ0n) is 8.40. The standard InChI is InChI=1S/C10H13Cl2NO/c1-10(2,13)6-4-7(11)8(12)5-9(6)14-3/h4-5H,13H2,1-3H3. The van der Waals surface area contributed by atoms with Crippen LogP contribution >= 0.6 is 23.2 Å². The van der Waals surface area contributed by atoms with Crippen molar-refractivity contribution < 1.29 is 4.74 Å². The third-order valence-electron chi connectivity index (χ3n) is 1.94. The molecule has 0 saturated carbocycles. The molecule has 0 aliphatic rings. The number of hydrogen-bond acceptors (Lipinski definition) is 2. The molecular weight excluding hydrogens is 221 g/mol. The Morgan fingerprint density at radius 3 is 2.14 bits per heavy atom. The summed E-state index contributed by atoms with van der Waals surface area (Å²) in [6, 6.07) is 3.41. The van der Waals surface area contributed by atoms with Gasteiger partial charge in [0.2, 0.25) is 0 Å². The smallest absolute Gasteiger partial charge is 0.125 e. The molecule has 78 valence electrons. The summed E-state index contributed by atoms with van der Waals surface area (Å²) in [6.45, 7) is 3.77. The molecule has 0 spiro atoms. The van der Waals surface area contributed by atoms with E-state index in [1.54, 1.807) is 19.2 Å². The van der Waals surface area contributed by atoms with Crippen LogP contribution in [0, 0.1) is 0 Å². The van der Waals surface area contributed by atoms with E-state index in [0.717, 1.165) is 5.56 Å². The summed E-state index contributed by atoms with van der Waals surface area (Å²) in [5.74, 6) is 0.659. The lowest BCUT2D eigenvalue weighted by Crippen LogP contribution is -2.29. The molecule has 0 aliphatic carbocycles. The fourth-order valence-electron chi connectivity index (χ4n) is 1.20. The predicted octanol–water partition coefficient (Wildman–Crippen LogP) is 3.20. The van der Waals surface area contributed by atoms with Crippen LogP contribution in [-0.2, 0) is 5.54 Å². The van der Waals surface area contributed by atoms with Crippen LogP contribution in [0.15, 0.2) is 12.1 Å². The topological polar surface area (TPSA) is 35.2 Å². The van der Waals surface area contributed by atoms with E-state index < -0.39 is 5.54 Å². The van der Waals surface area contributed by atoms with Gasteiger partial charge in [-0.05, 0) is 19.9 Å². The molecule has 0 saturated heterocycles. The van der Waals surface area contributed by atoms with E-state index in [1.165, 1.54) is 0 Å². The molecule has 0 aliphatic heterocycles. The van der Waals surface area contributed by atoms with Crippen LogP contribution in [0.2, 0.25) is 10.0 Å². The average molecular weight is 234 g/mol. The third-order valence-corrected chi connectivity index (χ3v) is 2.66. The second-order valence-electron chi connectivity index (χ2n) is 3.69. The van der Waals surface area contributed by atoms with E-state index >= 15 is 0 Å². The second kappa shape index (κ2) is 3.97. The summed E-state index contributed by atoms with van der Waals surface area (Å²) >= 11 is 11.8. The first-order valence-corrected chi connectivity index (χ1v) is 4.94. The van der Waals surface area contributed by atoms with Gasteiger partial charge in [-0.15, -0.1) is 0 Å². The second-order valence-corrected chi connectivity index (χ2v) is 4.50. The molecule has 0 heterocycles. The molecular formula is C10H13Cl2NO. The van der Waals surface area contributed by atoms with Crippen LogP contribution < -0.4 is 10.5 Å². The van der Waals surface area contributed by atoms with Crippen molar-refractivity contribution in [2.45, 2.75) is 19.4 Å². The van der Waals surface area contributed by atoms with Crippen LogP contribution in [-0.4, -0.2) is 7.11 Å². The van der Waals surface area contributed by atoms with Gasteiger partial charge in [0.15, 0.2) is 0 Å². The first-order chi connectivity index (χ1) is 6.36. The van der Waals surface area contributed by atoms with E-state index in [2.05, 4.69) is 0 Å². The molecule has 0 bridgehead atoms. The van der Waals surface area contributed by atoms with Gasteiger partial charge in [0, 0.05) is 17.2 Å². The van der Waals surface area contributed by atoms with Crippen molar-refractivity contribution in [2.75, 3.05) is 7.11 Å². The van der Waals surface area contributed by atoms with Gasteiger partial charge in [-0.3, -0.25) is 0 Å². The molecule has 1 aromatic rings. The minimum atomic E-state index is -0.500. The van der Waals surface area contributed by atoms with Crippen LogP contribution in [0.3, 0.4) is 0 Å². The Morgan fingerprint density at radius 2 is 1.71 bits per heavy atom. The highest BCUT2D eigenvalue weighted by Crippen LogP contribution is 2.35. The average Bonchev–Trinajstić information content (AvgIpc) is 2.07. The zero-order chi connectivity index (χ0) is 10.9. The summed E-state index contributed by atoms with van der Waals surface area (Å²) < 4.78 is 5.18. The van der Waals surface area contributed by atoms with Crippen molar-refractivity contribution in [3.05, 3.63) is 27.7 Å². The molecule has 14 heavy (non-hydrogen) atoms. The third kappa shape index (κ3) is 2.32. The summed E-state index contributed by atoms with van der Waals surface area (Å²) in [4.78, 5) is 0. The van der Waals surface area contributed by atoms with Crippen molar-refractivity contribution in [1.82, 2.24) is 0 Å². The van der Waals surface area contributed by atoms with Crippen LogP contribution in [0.4, 0.5) is 0 Å². The van der Waals surface area contributed by atoms with Crippen molar-refractivity contribution in [1.29, 1.82) is 0 Å². The Labute approximate surface area is 94.0 Å². The maximum absolute atomic E-state index is 5.97. The van der Waals surface area contributed by atoms with Crippen molar-refractivity contribution in [3.63, 3.8) is 0 Å². The van der Waals surface area contributed by atoms with Crippen molar-refractivity contribution >= 4 is 23.2 Å². The van der Waals surface area contributed by atoms with Gasteiger partial charge in [0.25, 0.3) is 0 Å². The van der Waals surface area contributed by atoms with E-state index in [-0.39, 0.29) is 0 Å². The normalized spacial score (nSPS) is 11.6. The molecule has 2 N–H and O–H groups in total. The minimum absolute atomic E-state index is 0.469. The van der Waals surface area contributed by atoms with Gasteiger partial charge >= 0.3 is 0 Å². The van der Waals surface area contributed by atoms with Gasteiger partial charge in [0.1, 0.15) is 5.75 Å². The fraction of sp³-hybridized carbons (Fsp3) is 0.400. The maximum Gasteiger partial charge on any atom is 0.125 e. The Balaban J connectivity index is 3.35. The van der Waals surface area contributed by atoms with Gasteiger partial charge in [-0.1, -0.05) is 23.2 Å². The lowest BCUT2D eigenvalue weighted by atomic mass is 9.95. The van der Waals surface area contributed by atoms with E-state index in [9.17, 15) is 0 Å². The molecule has 1 aromatic carbocycles. The first-order valence-electron chi connectivity index (χ1n) is 4.18. The predicted molar refractivity (Wildman–Crippen MR) is 60.2 cm³/mol. The number of ether oxygens (including phenoxy) is 1. The Hall–Kier alpha value is -0.440. The number of hydrogen-bond donors (Lipinski definition) is 1. The molecule has 0 radical (unpaired) electrons. The number of benzene rings is 1. The molecule has 0 aromatic heterocycles. The molecule has 1 rings (SSSR count). The molecule has 0 atom stereocenters. The highest BCUT2D eigenvalue weighted by atomic mass is 35.5. The molecule has 0 unspecified atom stereocenters. The lowest BCUT2D eigenvalue weighted by molar-refractivity contribution is 0.394. The van der Waals surface area contributed by atoms with Crippen LogP contribution in [0.5, 0.6) is 5.75 Å². The van der Waals surface area contributed by atoms with E-state index in [4.69, 9.17) is 33.7 Å². The highest BCUT2D eigenvalue weighted by Gasteiger charge is 2.20. The minimum Gasteiger partial charge on any atom is -0.496 e. The quantitative estimate of drug-likeness (QED) is 0.852. The molecule has 0 amide bonds. The van der Waals surface area contributed by atoms with Gasteiger partial charge < -0.3 is 10.5 Å². The van der Waals surface area contributed by atoms with Gasteiger partial charge in [-0.2, -0.15) is 0 Å². The number of rotatable bonds is 2. The summed E-state index contributed by atoms with van der Waals surface area (Å²) in [5, 5.41) is 0.956. The lowest BCUT2D eigenvalue weighted by Gasteiger charge is -2.22. The molecule has 2 nitrogen and oxygen atoms in total. The van der Waals surface area contributed by atoms with Crippen LogP contribution in [0.25, 0.3) is 0 Å². The number of nitrogens with two attached hydrogens (primary N) is 1. The molecule has 4 heteroatoms. The van der Waals surface area contributed by atoms with E-state index in [1.807, 2.05) is 13.8 Å². The highest BCUT2D eigenvalue weighted by molar-refractivity contribution is 6.42. The summed E-state index contributed by atoms with van der Waals surface area (Å²) in [6.07, 6.45) is 0. The maximum atomic E-state index is 5.97. The largest absolute Gasteiger partial charge is 0.496 e. The molecule has 0 fully saturated rings. The number of halogens is 2. The SMILES string of the molecule is COc1cc(Cl)c(Cl)cc1C(C)(C)N. The van der Waals surface area contributed by atoms with Gasteiger partial charge in [-0.25, -0.2) is 0 Å². The summed E-state index contributed by atoms with van der Waals surface area (Å²) in [5.41, 5.74) is 6.31. The van der Waals surface area contributed by atoms with Crippen molar-refractivity contribution in [2.24, 2.45) is 5.73 Å². The first kappa shape index (κ1) is 11.6.